The lowest BCUT2D eigenvalue weighted by molar-refractivity contribution is 0.597. The molecule has 0 radical (unpaired) electrons. The summed E-state index contributed by atoms with van der Waals surface area (Å²) in [6, 6.07) is 8.59. The molecule has 0 saturated carbocycles. The number of hydrogen-bond donors (Lipinski definition) is 0. The van der Waals surface area contributed by atoms with Crippen LogP contribution in [0.15, 0.2) is 40.6 Å². The molecule has 0 aliphatic rings. The van der Waals surface area contributed by atoms with E-state index in [0.29, 0.717) is 16.7 Å². The van der Waals surface area contributed by atoms with Crippen LogP contribution in [0.3, 0.4) is 0 Å². The maximum atomic E-state index is 11.9. The monoisotopic (exact) mass is 338 g/mol. The van der Waals surface area contributed by atoms with Crippen molar-refractivity contribution in [3.8, 4) is 10.7 Å². The lowest BCUT2D eigenvalue weighted by atomic mass is 10.2. The van der Waals surface area contributed by atoms with Gasteiger partial charge in [0, 0.05) is 5.39 Å². The Hall–Kier alpha value is -1.50. The summed E-state index contributed by atoms with van der Waals surface area (Å²) >= 11 is 7.73. The van der Waals surface area contributed by atoms with Gasteiger partial charge in [-0.15, -0.1) is 11.3 Å². The van der Waals surface area contributed by atoms with Gasteiger partial charge in [-0.25, -0.2) is 18.4 Å². The molecule has 3 aromatic rings. The van der Waals surface area contributed by atoms with E-state index in [1.54, 1.807) is 19.1 Å². The van der Waals surface area contributed by atoms with Crippen LogP contribution in [-0.4, -0.2) is 24.1 Å². The molecular formula is C14H11ClN2O2S2. The Balaban J connectivity index is 2.21. The van der Waals surface area contributed by atoms with E-state index in [1.165, 1.54) is 17.4 Å². The van der Waals surface area contributed by atoms with Gasteiger partial charge in [-0.3, -0.25) is 0 Å². The van der Waals surface area contributed by atoms with Crippen molar-refractivity contribution in [2.24, 2.45) is 0 Å². The van der Waals surface area contributed by atoms with E-state index in [9.17, 15) is 8.42 Å². The predicted molar refractivity (Wildman–Crippen MR) is 85.6 cm³/mol. The molecular weight excluding hydrogens is 328 g/mol. The van der Waals surface area contributed by atoms with Gasteiger partial charge in [0.05, 0.1) is 21.0 Å². The normalized spacial score (nSPS) is 11.9. The zero-order valence-corrected chi connectivity index (χ0v) is 13.5. The molecule has 1 aromatic carbocycles. The largest absolute Gasteiger partial charge is 0.227 e. The van der Waals surface area contributed by atoms with Gasteiger partial charge >= 0.3 is 0 Å². The van der Waals surface area contributed by atoms with Gasteiger partial charge in [0.2, 0.25) is 0 Å². The number of nitrogens with zero attached hydrogens (tertiary/aromatic N) is 2. The average Bonchev–Trinajstić information content (AvgIpc) is 3.01. The second kappa shape index (κ2) is 5.36. The van der Waals surface area contributed by atoms with Gasteiger partial charge in [-0.05, 0) is 29.6 Å². The van der Waals surface area contributed by atoms with Crippen LogP contribution < -0.4 is 0 Å². The van der Waals surface area contributed by atoms with Gasteiger partial charge in [0.25, 0.3) is 0 Å². The fraction of sp³-hybridized carbons (Fsp3) is 0.143. The van der Waals surface area contributed by atoms with E-state index in [0.717, 1.165) is 4.88 Å². The van der Waals surface area contributed by atoms with Crippen LogP contribution in [0, 0.1) is 0 Å². The Morgan fingerprint density at radius 1 is 1.24 bits per heavy atom. The van der Waals surface area contributed by atoms with Crippen LogP contribution in [0.2, 0.25) is 5.15 Å². The quantitative estimate of drug-likeness (QED) is 0.681. The molecule has 7 heteroatoms. The fourth-order valence-electron chi connectivity index (χ4n) is 1.95. The first-order valence-corrected chi connectivity index (χ1v) is 9.16. The Morgan fingerprint density at radius 3 is 2.71 bits per heavy atom. The molecule has 108 valence electrons. The second-order valence-electron chi connectivity index (χ2n) is 4.40. The number of fused-ring (bicyclic) bond motifs is 1. The highest BCUT2D eigenvalue weighted by atomic mass is 35.5. The zero-order valence-electron chi connectivity index (χ0n) is 11.1. The van der Waals surface area contributed by atoms with Crippen LogP contribution in [0.4, 0.5) is 0 Å². The van der Waals surface area contributed by atoms with Gasteiger partial charge in [0.1, 0.15) is 5.15 Å². The van der Waals surface area contributed by atoms with E-state index >= 15 is 0 Å². The minimum Gasteiger partial charge on any atom is -0.227 e. The molecule has 2 aromatic heterocycles. The molecule has 4 nitrogen and oxygen atoms in total. The summed E-state index contributed by atoms with van der Waals surface area (Å²) in [5.41, 5.74) is 0.633. The van der Waals surface area contributed by atoms with Crippen LogP contribution in [0.25, 0.3) is 21.6 Å². The SMILES string of the molecule is CCS(=O)(=O)c1ccc2nc(-c3cccs3)nc(Cl)c2c1. The number of benzene rings is 1. The van der Waals surface area contributed by atoms with Crippen LogP contribution in [0.5, 0.6) is 0 Å². The molecule has 0 saturated heterocycles. The van der Waals surface area contributed by atoms with Crippen molar-refractivity contribution >= 4 is 43.7 Å². The molecule has 0 amide bonds. The summed E-state index contributed by atoms with van der Waals surface area (Å²) in [5, 5.41) is 2.75. The number of aromatic nitrogens is 2. The van der Waals surface area contributed by atoms with Crippen LogP contribution in [-0.2, 0) is 9.84 Å². The van der Waals surface area contributed by atoms with E-state index in [1.807, 2.05) is 17.5 Å². The number of halogens is 1. The maximum absolute atomic E-state index is 11.9. The summed E-state index contributed by atoms with van der Waals surface area (Å²) in [4.78, 5) is 9.87. The summed E-state index contributed by atoms with van der Waals surface area (Å²) in [6.45, 7) is 1.61. The fourth-order valence-corrected chi connectivity index (χ4v) is 3.74. The van der Waals surface area contributed by atoms with Gasteiger partial charge in [-0.1, -0.05) is 24.6 Å². The highest BCUT2D eigenvalue weighted by molar-refractivity contribution is 7.91. The smallest absolute Gasteiger partial charge is 0.178 e. The first kappa shape index (κ1) is 14.4. The average molecular weight is 339 g/mol. The standard InChI is InChI=1S/C14H11ClN2O2S2/c1-2-21(18,19)9-5-6-11-10(8-9)13(15)17-14(16-11)12-4-3-7-20-12/h3-8H,2H2,1H3. The first-order chi connectivity index (χ1) is 10.0. The van der Waals surface area contributed by atoms with E-state index < -0.39 is 9.84 Å². The molecule has 0 aliphatic heterocycles. The topological polar surface area (TPSA) is 59.9 Å². The van der Waals surface area contributed by atoms with Crippen molar-refractivity contribution in [3.63, 3.8) is 0 Å². The van der Waals surface area contributed by atoms with Crippen molar-refractivity contribution in [3.05, 3.63) is 40.9 Å². The predicted octanol–water partition coefficient (Wildman–Crippen LogP) is 3.81. The summed E-state index contributed by atoms with van der Waals surface area (Å²) in [7, 11) is -3.27. The first-order valence-electron chi connectivity index (χ1n) is 6.25. The minimum absolute atomic E-state index is 0.0459. The molecule has 3 rings (SSSR count). The van der Waals surface area contributed by atoms with Gasteiger partial charge < -0.3 is 0 Å². The van der Waals surface area contributed by atoms with Crippen molar-refractivity contribution in [2.45, 2.75) is 11.8 Å². The molecule has 0 N–H and O–H groups in total. The lowest BCUT2D eigenvalue weighted by Gasteiger charge is -2.06. The Labute approximate surface area is 131 Å². The Morgan fingerprint density at radius 2 is 2.05 bits per heavy atom. The summed E-state index contributed by atoms with van der Waals surface area (Å²) < 4.78 is 23.9. The van der Waals surface area contributed by atoms with Crippen LogP contribution >= 0.6 is 22.9 Å². The highest BCUT2D eigenvalue weighted by Crippen LogP contribution is 2.29. The molecule has 0 fully saturated rings. The third-order valence-corrected chi connectivity index (χ3v) is 5.99. The molecule has 0 unspecified atom stereocenters. The van der Waals surface area contributed by atoms with Gasteiger partial charge in [0.15, 0.2) is 15.7 Å². The number of hydrogen-bond acceptors (Lipinski definition) is 5. The summed E-state index contributed by atoms with van der Waals surface area (Å²) in [6.07, 6.45) is 0. The zero-order chi connectivity index (χ0) is 15.0. The van der Waals surface area contributed by atoms with Crippen molar-refractivity contribution in [1.29, 1.82) is 0 Å². The van der Waals surface area contributed by atoms with Crippen molar-refractivity contribution in [1.82, 2.24) is 9.97 Å². The number of thiophene rings is 1. The van der Waals surface area contributed by atoms with E-state index in [2.05, 4.69) is 9.97 Å². The lowest BCUT2D eigenvalue weighted by Crippen LogP contribution is -2.03. The van der Waals surface area contributed by atoms with E-state index in [4.69, 9.17) is 11.6 Å². The van der Waals surface area contributed by atoms with Crippen molar-refractivity contribution in [2.75, 3.05) is 5.75 Å². The Bertz CT molecular complexity index is 906. The number of rotatable bonds is 3. The van der Waals surface area contributed by atoms with Gasteiger partial charge in [-0.2, -0.15) is 0 Å². The van der Waals surface area contributed by atoms with E-state index in [-0.39, 0.29) is 15.8 Å². The molecule has 2 heterocycles. The number of sulfone groups is 1. The highest BCUT2D eigenvalue weighted by Gasteiger charge is 2.15. The van der Waals surface area contributed by atoms with Crippen LogP contribution in [0.1, 0.15) is 6.92 Å². The summed E-state index contributed by atoms with van der Waals surface area (Å²) in [5.74, 6) is 0.596. The molecule has 0 spiro atoms. The Kier molecular flexibility index (Phi) is 3.69. The third-order valence-electron chi connectivity index (χ3n) is 3.10. The maximum Gasteiger partial charge on any atom is 0.178 e. The molecule has 0 bridgehead atoms. The second-order valence-corrected chi connectivity index (χ2v) is 7.98. The molecule has 0 aliphatic carbocycles. The molecule has 0 atom stereocenters. The molecule has 21 heavy (non-hydrogen) atoms. The third kappa shape index (κ3) is 2.66. The minimum atomic E-state index is -3.27. The van der Waals surface area contributed by atoms with Crippen molar-refractivity contribution < 1.29 is 8.42 Å².